The molecule has 1 aromatic carbocycles. The van der Waals surface area contributed by atoms with E-state index in [1.54, 1.807) is 26.0 Å². The molecular weight excluding hydrogens is 202 g/mol. The average molecular weight is 218 g/mol. The van der Waals surface area contributed by atoms with Gasteiger partial charge in [0.05, 0.1) is 1.37 Å². The highest BCUT2D eigenvalue weighted by Gasteiger charge is 2.21. The smallest absolute Gasteiger partial charge is 0.299 e. The largest absolute Gasteiger partial charge is 0.355 e. The predicted molar refractivity (Wildman–Crippen MR) is 64.1 cm³/mol. The third kappa shape index (κ3) is 2.99. The zero-order chi connectivity index (χ0) is 13.1. The molecule has 1 rings (SSSR count). The van der Waals surface area contributed by atoms with Gasteiger partial charge in [-0.1, -0.05) is 0 Å². The summed E-state index contributed by atoms with van der Waals surface area (Å²) in [4.78, 5) is 14.8. The van der Waals surface area contributed by atoms with Crippen molar-refractivity contribution >= 4 is 11.6 Å². The summed E-state index contributed by atoms with van der Waals surface area (Å²) in [6.07, 6.45) is 0. The van der Waals surface area contributed by atoms with Crippen molar-refractivity contribution in [2.45, 2.75) is 19.5 Å². The molecule has 0 saturated carbocycles. The van der Waals surface area contributed by atoms with Gasteiger partial charge in [-0.15, -0.1) is 0 Å². The van der Waals surface area contributed by atoms with Crippen LogP contribution >= 0.6 is 0 Å². The molecule has 0 atom stereocenters. The van der Waals surface area contributed by atoms with E-state index in [0.717, 1.165) is 0 Å². The number of benzene rings is 1. The number of amides is 1. The van der Waals surface area contributed by atoms with E-state index >= 15 is 0 Å². The topological polar surface area (TPSA) is 45.5 Å². The minimum atomic E-state index is -0.721. The number of hydrogen-bond acceptors (Lipinski definition) is 2. The molecule has 0 fully saturated rings. The summed E-state index contributed by atoms with van der Waals surface area (Å²) in [7, 11) is 1.52. The molecule has 4 heteroatoms. The van der Waals surface area contributed by atoms with E-state index in [4.69, 9.17) is 7.94 Å². The summed E-state index contributed by atoms with van der Waals surface area (Å²) in [5.74, 6) is -0.286. The fourth-order valence-electron chi connectivity index (χ4n) is 1.16. The van der Waals surface area contributed by atoms with Crippen LogP contribution in [0.1, 0.15) is 25.6 Å². The molecule has 16 heavy (non-hydrogen) atoms. The average Bonchev–Trinajstić information content (AvgIpc) is 2.28. The number of hydrogen-bond donors (Lipinski definition) is 2. The molecular formula is C12H15N3O. The highest BCUT2D eigenvalue weighted by molar-refractivity contribution is 5.94. The Morgan fingerprint density at radius 2 is 2.19 bits per heavy atom. The van der Waals surface area contributed by atoms with E-state index in [1.807, 2.05) is 0 Å². The molecule has 84 valence electrons. The Hall–Kier alpha value is -2.02. The molecule has 2 N–H and O–H groups in total. The van der Waals surface area contributed by atoms with Gasteiger partial charge in [-0.05, 0) is 24.2 Å². The Bertz CT molecular complexity index is 477. The van der Waals surface area contributed by atoms with Crippen molar-refractivity contribution in [3.8, 4) is 0 Å². The van der Waals surface area contributed by atoms with Gasteiger partial charge in [0.2, 0.25) is 0 Å². The Labute approximate surface area is 96.9 Å². The molecule has 0 unspecified atom stereocenters. The van der Waals surface area contributed by atoms with Crippen molar-refractivity contribution in [3.05, 3.63) is 41.2 Å². The van der Waals surface area contributed by atoms with Gasteiger partial charge in [-0.3, -0.25) is 9.64 Å². The first-order valence-corrected chi connectivity index (χ1v) is 4.89. The minimum Gasteiger partial charge on any atom is -0.355 e. The summed E-state index contributed by atoms with van der Waals surface area (Å²) in [6, 6.07) is 4.94. The highest BCUT2D eigenvalue weighted by atomic mass is 16.1. The molecule has 1 amide bonds. The first-order chi connectivity index (χ1) is 7.89. The van der Waals surface area contributed by atoms with Crippen LogP contribution in [0.25, 0.3) is 4.85 Å². The van der Waals surface area contributed by atoms with Gasteiger partial charge in [0.15, 0.2) is 0 Å². The van der Waals surface area contributed by atoms with Crippen molar-refractivity contribution in [1.29, 1.82) is 0 Å². The van der Waals surface area contributed by atoms with E-state index in [0.29, 0.717) is 11.3 Å². The van der Waals surface area contributed by atoms with Crippen LogP contribution in [0.5, 0.6) is 0 Å². The Balaban J connectivity index is 2.98. The van der Waals surface area contributed by atoms with Crippen LogP contribution in [-0.2, 0) is 0 Å². The van der Waals surface area contributed by atoms with Gasteiger partial charge in [-0.2, -0.15) is 0 Å². The SMILES string of the molecule is [2H]c1cc(NC(C)(C)[N+]#[C-])ccc1C(=O)NC. The molecule has 0 aromatic heterocycles. The first-order valence-electron chi connectivity index (χ1n) is 5.39. The van der Waals surface area contributed by atoms with Crippen molar-refractivity contribution in [3.63, 3.8) is 0 Å². The molecule has 0 radical (unpaired) electrons. The lowest BCUT2D eigenvalue weighted by Gasteiger charge is -2.14. The fraction of sp³-hybridized carbons (Fsp3) is 0.333. The Morgan fingerprint density at radius 3 is 2.69 bits per heavy atom. The van der Waals surface area contributed by atoms with Gasteiger partial charge in [0.1, 0.15) is 0 Å². The quantitative estimate of drug-likeness (QED) is 0.763. The Morgan fingerprint density at radius 1 is 1.50 bits per heavy atom. The zero-order valence-electron chi connectivity index (χ0n) is 10.6. The molecule has 0 aliphatic heterocycles. The van der Waals surface area contributed by atoms with Crippen LogP contribution < -0.4 is 10.6 Å². The third-order valence-electron chi connectivity index (χ3n) is 2.01. The zero-order valence-corrected chi connectivity index (χ0v) is 9.59. The second-order valence-electron chi connectivity index (χ2n) is 3.87. The fourth-order valence-corrected chi connectivity index (χ4v) is 1.16. The molecule has 0 bridgehead atoms. The second kappa shape index (κ2) is 4.67. The summed E-state index contributed by atoms with van der Waals surface area (Å²) < 4.78 is 7.73. The van der Waals surface area contributed by atoms with Crippen LogP contribution in [0.4, 0.5) is 5.69 Å². The van der Waals surface area contributed by atoms with Gasteiger partial charge in [0.25, 0.3) is 11.6 Å². The number of anilines is 1. The first kappa shape index (κ1) is 10.5. The van der Waals surface area contributed by atoms with Gasteiger partial charge >= 0.3 is 0 Å². The maximum absolute atomic E-state index is 11.4. The van der Waals surface area contributed by atoms with Crippen molar-refractivity contribution < 1.29 is 6.17 Å². The molecule has 0 aliphatic carbocycles. The van der Waals surface area contributed by atoms with Crippen LogP contribution in [0.2, 0.25) is 0 Å². The molecule has 0 aliphatic rings. The number of nitrogens with one attached hydrogen (secondary N) is 2. The molecule has 0 spiro atoms. The molecule has 0 heterocycles. The lowest BCUT2D eigenvalue weighted by molar-refractivity contribution is 0.0963. The van der Waals surface area contributed by atoms with E-state index in [1.165, 1.54) is 13.1 Å². The third-order valence-corrected chi connectivity index (χ3v) is 2.01. The standard InChI is InChI=1S/C12H15N3O/c1-12(2,14-4)15-10-7-5-9(6-8-10)11(16)13-3/h5-8,15H,1-3H3,(H,13,16)/i5D. The maximum atomic E-state index is 11.4. The van der Waals surface area contributed by atoms with Crippen LogP contribution in [0.15, 0.2) is 24.2 Å². The van der Waals surface area contributed by atoms with Gasteiger partial charge in [-0.25, -0.2) is 6.57 Å². The lowest BCUT2D eigenvalue weighted by atomic mass is 10.1. The molecule has 4 nitrogen and oxygen atoms in total. The summed E-state index contributed by atoms with van der Waals surface area (Å²) in [5.41, 5.74) is 0.253. The second-order valence-corrected chi connectivity index (χ2v) is 3.87. The van der Waals surface area contributed by atoms with Crippen molar-refractivity contribution in [2.24, 2.45) is 0 Å². The molecule has 1 aromatic rings. The van der Waals surface area contributed by atoms with E-state index in [-0.39, 0.29) is 11.9 Å². The normalized spacial score (nSPS) is 11.2. The van der Waals surface area contributed by atoms with E-state index in [2.05, 4.69) is 15.5 Å². The number of rotatable bonds is 3. The monoisotopic (exact) mass is 218 g/mol. The number of carbonyl (C=O) groups excluding carboxylic acids is 1. The summed E-state index contributed by atoms with van der Waals surface area (Å²) in [5, 5.41) is 5.46. The highest BCUT2D eigenvalue weighted by Crippen LogP contribution is 2.16. The predicted octanol–water partition coefficient (Wildman–Crippen LogP) is 2.11. The van der Waals surface area contributed by atoms with Gasteiger partial charge in [0, 0.05) is 32.1 Å². The van der Waals surface area contributed by atoms with E-state index in [9.17, 15) is 4.79 Å². The van der Waals surface area contributed by atoms with Crippen LogP contribution in [0, 0.1) is 6.57 Å². The van der Waals surface area contributed by atoms with Crippen LogP contribution in [0.3, 0.4) is 0 Å². The number of nitrogens with zero attached hydrogens (tertiary/aromatic N) is 1. The van der Waals surface area contributed by atoms with E-state index < -0.39 is 5.66 Å². The van der Waals surface area contributed by atoms with Crippen molar-refractivity contribution in [2.75, 3.05) is 12.4 Å². The Kier molecular flexibility index (Phi) is 3.06. The summed E-state index contributed by atoms with van der Waals surface area (Å²) >= 11 is 0. The molecule has 0 saturated heterocycles. The van der Waals surface area contributed by atoms with Crippen molar-refractivity contribution in [1.82, 2.24) is 5.32 Å². The number of carbonyl (C=O) groups is 1. The minimum absolute atomic E-state index is 0.134. The summed E-state index contributed by atoms with van der Waals surface area (Å²) in [6.45, 7) is 10.5. The van der Waals surface area contributed by atoms with Gasteiger partial charge < -0.3 is 10.6 Å². The van der Waals surface area contributed by atoms with Crippen LogP contribution in [-0.4, -0.2) is 18.6 Å². The lowest BCUT2D eigenvalue weighted by Crippen LogP contribution is -2.26. The maximum Gasteiger partial charge on any atom is 0.299 e.